The number of benzene rings is 2. The predicted molar refractivity (Wildman–Crippen MR) is 104 cm³/mol. The maximum absolute atomic E-state index is 12.2. The van der Waals surface area contributed by atoms with Gasteiger partial charge in [-0.3, -0.25) is 0 Å². The van der Waals surface area contributed by atoms with Gasteiger partial charge in [0.15, 0.2) is 17.3 Å². The fourth-order valence-electron chi connectivity index (χ4n) is 2.30. The van der Waals surface area contributed by atoms with Crippen molar-refractivity contribution in [2.45, 2.75) is 6.61 Å². The second-order valence-corrected chi connectivity index (χ2v) is 6.42. The minimum Gasteiger partial charge on any atom is -0.493 e. The molecule has 2 aromatic carbocycles. The molecule has 0 atom stereocenters. The van der Waals surface area contributed by atoms with Gasteiger partial charge in [0.05, 0.1) is 17.6 Å². The van der Waals surface area contributed by atoms with E-state index in [2.05, 4.69) is 5.16 Å². The first-order chi connectivity index (χ1) is 13.2. The number of amidine groups is 1. The van der Waals surface area contributed by atoms with Crippen molar-refractivity contribution < 1.29 is 19.1 Å². The standard InChI is InChI=1S/C20H18N2O4S/c1-24-16-8-2-3-9-17(16)25-13-14-6-4-7-15(12-14)20(23)26-22-19(21)18-10-5-11-27-18/h2-12H,13H2,1H3,(H2,21,22). The first-order valence-electron chi connectivity index (χ1n) is 8.11. The summed E-state index contributed by atoms with van der Waals surface area (Å²) >= 11 is 1.41. The van der Waals surface area contributed by atoms with Crippen LogP contribution in [0.1, 0.15) is 20.8 Å². The molecule has 0 saturated carbocycles. The van der Waals surface area contributed by atoms with E-state index in [9.17, 15) is 4.79 Å². The van der Waals surface area contributed by atoms with Crippen LogP contribution < -0.4 is 15.2 Å². The Hall–Kier alpha value is -3.32. The van der Waals surface area contributed by atoms with Gasteiger partial charge in [-0.2, -0.15) is 0 Å². The van der Waals surface area contributed by atoms with Crippen LogP contribution in [0.25, 0.3) is 0 Å². The maximum atomic E-state index is 12.2. The highest BCUT2D eigenvalue weighted by atomic mass is 32.1. The third-order valence-electron chi connectivity index (χ3n) is 3.63. The molecule has 1 aromatic heterocycles. The number of para-hydroxylation sites is 2. The van der Waals surface area contributed by atoms with Crippen molar-refractivity contribution >= 4 is 23.1 Å². The Morgan fingerprint density at radius 1 is 1.07 bits per heavy atom. The Morgan fingerprint density at radius 2 is 1.89 bits per heavy atom. The molecule has 0 radical (unpaired) electrons. The summed E-state index contributed by atoms with van der Waals surface area (Å²) in [5.41, 5.74) is 6.96. The molecule has 0 spiro atoms. The molecule has 0 amide bonds. The summed E-state index contributed by atoms with van der Waals surface area (Å²) in [7, 11) is 1.58. The number of hydrogen-bond acceptors (Lipinski definition) is 6. The number of thiophene rings is 1. The number of methoxy groups -OCH3 is 1. The molecule has 2 N–H and O–H groups in total. The second kappa shape index (κ2) is 8.86. The largest absolute Gasteiger partial charge is 0.493 e. The summed E-state index contributed by atoms with van der Waals surface area (Å²) in [6.07, 6.45) is 0. The molecule has 0 saturated heterocycles. The van der Waals surface area contributed by atoms with E-state index in [1.54, 1.807) is 31.4 Å². The molecule has 0 fully saturated rings. The molecular weight excluding hydrogens is 364 g/mol. The van der Waals surface area contributed by atoms with E-state index in [0.29, 0.717) is 17.1 Å². The number of ether oxygens (including phenoxy) is 2. The maximum Gasteiger partial charge on any atom is 0.365 e. The summed E-state index contributed by atoms with van der Waals surface area (Å²) < 4.78 is 11.0. The fraction of sp³-hybridized carbons (Fsp3) is 0.100. The molecule has 6 nitrogen and oxygen atoms in total. The average Bonchev–Trinajstić information content (AvgIpc) is 3.25. The third kappa shape index (κ3) is 4.86. The van der Waals surface area contributed by atoms with Gasteiger partial charge in [-0.05, 0) is 41.3 Å². The zero-order chi connectivity index (χ0) is 19.1. The van der Waals surface area contributed by atoms with Crippen molar-refractivity contribution in [2.75, 3.05) is 7.11 Å². The van der Waals surface area contributed by atoms with Gasteiger partial charge in [0.1, 0.15) is 6.61 Å². The van der Waals surface area contributed by atoms with E-state index in [1.165, 1.54) is 11.3 Å². The molecule has 7 heteroatoms. The Morgan fingerprint density at radius 3 is 2.63 bits per heavy atom. The van der Waals surface area contributed by atoms with Gasteiger partial charge in [0.2, 0.25) is 0 Å². The normalized spacial score (nSPS) is 11.1. The first kappa shape index (κ1) is 18.5. The van der Waals surface area contributed by atoms with Gasteiger partial charge >= 0.3 is 5.97 Å². The average molecular weight is 382 g/mol. The summed E-state index contributed by atoms with van der Waals surface area (Å²) in [6, 6.07) is 18.0. The van der Waals surface area contributed by atoms with Crippen molar-refractivity contribution in [3.05, 3.63) is 82.0 Å². The van der Waals surface area contributed by atoms with Crippen LogP contribution in [0.2, 0.25) is 0 Å². The Balaban J connectivity index is 1.64. The number of hydrogen-bond donors (Lipinski definition) is 1. The van der Waals surface area contributed by atoms with Crippen LogP contribution in [0.15, 0.2) is 71.2 Å². The predicted octanol–water partition coefficient (Wildman–Crippen LogP) is 3.81. The van der Waals surface area contributed by atoms with Crippen molar-refractivity contribution in [1.29, 1.82) is 0 Å². The molecular formula is C20H18N2O4S. The lowest BCUT2D eigenvalue weighted by atomic mass is 10.1. The Kier molecular flexibility index (Phi) is 6.06. The van der Waals surface area contributed by atoms with Crippen molar-refractivity contribution in [3.63, 3.8) is 0 Å². The number of carbonyl (C=O) groups is 1. The van der Waals surface area contributed by atoms with Crippen molar-refractivity contribution in [3.8, 4) is 11.5 Å². The molecule has 1 heterocycles. The van der Waals surface area contributed by atoms with Gasteiger partial charge < -0.3 is 20.0 Å². The minimum absolute atomic E-state index is 0.161. The Bertz CT molecular complexity index is 939. The SMILES string of the molecule is COc1ccccc1OCc1cccc(C(=O)O/N=C(\N)c2cccs2)c1. The van der Waals surface area contributed by atoms with E-state index < -0.39 is 5.97 Å². The molecule has 0 aliphatic rings. The van der Waals surface area contributed by atoms with Crippen molar-refractivity contribution in [1.82, 2.24) is 0 Å². The monoisotopic (exact) mass is 382 g/mol. The number of nitrogens with two attached hydrogens (primary N) is 1. The second-order valence-electron chi connectivity index (χ2n) is 5.47. The van der Waals surface area contributed by atoms with Gasteiger partial charge in [0, 0.05) is 0 Å². The van der Waals surface area contributed by atoms with Gasteiger partial charge in [-0.1, -0.05) is 35.5 Å². The molecule has 3 rings (SSSR count). The van der Waals surface area contributed by atoms with Gasteiger partial charge in [0.25, 0.3) is 0 Å². The summed E-state index contributed by atoms with van der Waals surface area (Å²) in [6.45, 7) is 0.280. The smallest absolute Gasteiger partial charge is 0.365 e. The van der Waals surface area contributed by atoms with E-state index in [-0.39, 0.29) is 12.4 Å². The van der Waals surface area contributed by atoms with Crippen LogP contribution in [0, 0.1) is 0 Å². The molecule has 0 bridgehead atoms. The van der Waals surface area contributed by atoms with E-state index in [1.807, 2.05) is 41.8 Å². The lowest BCUT2D eigenvalue weighted by molar-refractivity contribution is 0.0516. The quantitative estimate of drug-likeness (QED) is 0.291. The molecule has 138 valence electrons. The van der Waals surface area contributed by atoms with Crippen LogP contribution in [0.4, 0.5) is 0 Å². The van der Waals surface area contributed by atoms with Gasteiger partial charge in [-0.15, -0.1) is 11.3 Å². The molecule has 27 heavy (non-hydrogen) atoms. The molecule has 0 unspecified atom stereocenters. The lowest BCUT2D eigenvalue weighted by Crippen LogP contribution is -2.13. The molecule has 0 aliphatic carbocycles. The van der Waals surface area contributed by atoms with Crippen LogP contribution >= 0.6 is 11.3 Å². The highest BCUT2D eigenvalue weighted by molar-refractivity contribution is 7.12. The lowest BCUT2D eigenvalue weighted by Gasteiger charge is -2.10. The zero-order valence-corrected chi connectivity index (χ0v) is 15.4. The number of oxime groups is 1. The summed E-state index contributed by atoms with van der Waals surface area (Å²) in [4.78, 5) is 17.9. The van der Waals surface area contributed by atoms with Crippen LogP contribution in [-0.4, -0.2) is 18.9 Å². The third-order valence-corrected chi connectivity index (χ3v) is 4.52. The van der Waals surface area contributed by atoms with Crippen molar-refractivity contribution in [2.24, 2.45) is 10.9 Å². The van der Waals surface area contributed by atoms with Crippen LogP contribution in [0.3, 0.4) is 0 Å². The first-order valence-corrected chi connectivity index (χ1v) is 8.99. The molecule has 0 aliphatic heterocycles. The van der Waals surface area contributed by atoms with Gasteiger partial charge in [-0.25, -0.2) is 4.79 Å². The highest BCUT2D eigenvalue weighted by Gasteiger charge is 2.10. The number of carbonyl (C=O) groups excluding carboxylic acids is 1. The zero-order valence-electron chi connectivity index (χ0n) is 14.6. The van der Waals surface area contributed by atoms with E-state index >= 15 is 0 Å². The minimum atomic E-state index is -0.589. The summed E-state index contributed by atoms with van der Waals surface area (Å²) in [5.74, 6) is 0.843. The summed E-state index contributed by atoms with van der Waals surface area (Å²) in [5, 5.41) is 5.56. The topological polar surface area (TPSA) is 83.1 Å². The fourth-order valence-corrected chi connectivity index (χ4v) is 2.92. The Labute approximate surface area is 160 Å². The van der Waals surface area contributed by atoms with E-state index in [0.717, 1.165) is 10.4 Å². The van der Waals surface area contributed by atoms with E-state index in [4.69, 9.17) is 20.0 Å². The highest BCUT2D eigenvalue weighted by Crippen LogP contribution is 2.26. The number of nitrogens with zero attached hydrogens (tertiary/aromatic N) is 1. The van der Waals surface area contributed by atoms with Crippen LogP contribution in [0.5, 0.6) is 11.5 Å². The number of rotatable bonds is 7. The molecule has 3 aromatic rings. The van der Waals surface area contributed by atoms with Crippen LogP contribution in [-0.2, 0) is 11.4 Å².